The van der Waals surface area contributed by atoms with Crippen LogP contribution < -0.4 is 19.8 Å². The molecular formula is C27H22N2O7. The van der Waals surface area contributed by atoms with Gasteiger partial charge in [0, 0.05) is 40.2 Å². The number of fused-ring (bicyclic) bond motifs is 1. The summed E-state index contributed by atoms with van der Waals surface area (Å²) in [5.41, 5.74) is 0.899. The number of benzene rings is 3. The summed E-state index contributed by atoms with van der Waals surface area (Å²) >= 11 is 0. The number of ketones is 1. The second kappa shape index (κ2) is 10.1. The average molecular weight is 486 g/mol. The number of allylic oxidation sites excluding steroid dienone is 1. The zero-order chi connectivity index (χ0) is 25.8. The van der Waals surface area contributed by atoms with Crippen molar-refractivity contribution in [2.45, 2.75) is 0 Å². The van der Waals surface area contributed by atoms with E-state index >= 15 is 0 Å². The molecule has 0 fully saturated rings. The maximum Gasteiger partial charge on any atom is 0.270 e. The van der Waals surface area contributed by atoms with Crippen molar-refractivity contribution >= 4 is 28.4 Å². The lowest BCUT2D eigenvalue weighted by Crippen LogP contribution is -2.18. The van der Waals surface area contributed by atoms with Gasteiger partial charge in [0.1, 0.15) is 5.75 Å². The average Bonchev–Trinajstić information content (AvgIpc) is 2.90. The number of pyridine rings is 1. The van der Waals surface area contributed by atoms with E-state index in [4.69, 9.17) is 14.2 Å². The smallest absolute Gasteiger partial charge is 0.270 e. The molecular weight excluding hydrogens is 464 g/mol. The number of carbonyl (C=O) groups is 1. The van der Waals surface area contributed by atoms with Gasteiger partial charge < -0.3 is 19.2 Å². The Kier molecular flexibility index (Phi) is 6.82. The summed E-state index contributed by atoms with van der Waals surface area (Å²) in [6.45, 7) is 0. The lowest BCUT2D eigenvalue weighted by molar-refractivity contribution is -0.384. The summed E-state index contributed by atoms with van der Waals surface area (Å²) in [5.74, 6) is 0.742. The van der Waals surface area contributed by atoms with E-state index < -0.39 is 16.3 Å². The maximum absolute atomic E-state index is 13.4. The van der Waals surface area contributed by atoms with Crippen LogP contribution in [0.15, 0.2) is 71.5 Å². The number of nitro groups is 1. The molecule has 36 heavy (non-hydrogen) atoms. The molecule has 0 aliphatic rings. The predicted molar refractivity (Wildman–Crippen MR) is 136 cm³/mol. The molecule has 4 aromatic rings. The van der Waals surface area contributed by atoms with Crippen molar-refractivity contribution in [3.05, 3.63) is 98.3 Å². The van der Waals surface area contributed by atoms with E-state index in [9.17, 15) is 19.7 Å². The SMILES string of the molecule is COc1cc(OC)c(OC)cc1C=CC(=O)c1c(-c2ccccc2)c2cc([N+](=O)[O-])ccc2[nH]c1=O. The molecule has 9 nitrogen and oxygen atoms in total. The first kappa shape index (κ1) is 24.2. The van der Waals surface area contributed by atoms with E-state index in [0.717, 1.165) is 0 Å². The summed E-state index contributed by atoms with van der Waals surface area (Å²) in [7, 11) is 4.47. The molecule has 0 saturated heterocycles. The zero-order valence-corrected chi connectivity index (χ0v) is 19.7. The van der Waals surface area contributed by atoms with Crippen molar-refractivity contribution in [3.8, 4) is 28.4 Å². The van der Waals surface area contributed by atoms with Gasteiger partial charge in [-0.1, -0.05) is 30.3 Å². The van der Waals surface area contributed by atoms with E-state index in [0.29, 0.717) is 44.8 Å². The zero-order valence-electron chi connectivity index (χ0n) is 19.7. The van der Waals surface area contributed by atoms with Crippen LogP contribution in [0.2, 0.25) is 0 Å². The summed E-state index contributed by atoms with van der Waals surface area (Å²) < 4.78 is 16.0. The van der Waals surface area contributed by atoms with Gasteiger partial charge in [0.25, 0.3) is 11.2 Å². The Morgan fingerprint density at radius 1 is 0.917 bits per heavy atom. The fourth-order valence-corrected chi connectivity index (χ4v) is 3.97. The molecule has 9 heteroatoms. The molecule has 1 heterocycles. The minimum absolute atomic E-state index is 0.134. The van der Waals surface area contributed by atoms with Gasteiger partial charge in [-0.15, -0.1) is 0 Å². The van der Waals surface area contributed by atoms with Crippen LogP contribution in [-0.4, -0.2) is 37.0 Å². The van der Waals surface area contributed by atoms with Crippen LogP contribution in [0.3, 0.4) is 0 Å². The maximum atomic E-state index is 13.4. The number of nitrogens with zero attached hydrogens (tertiary/aromatic N) is 1. The van der Waals surface area contributed by atoms with Crippen molar-refractivity contribution < 1.29 is 23.9 Å². The van der Waals surface area contributed by atoms with Crippen LogP contribution in [0.1, 0.15) is 15.9 Å². The number of ether oxygens (including phenoxy) is 3. The topological polar surface area (TPSA) is 121 Å². The predicted octanol–water partition coefficient (Wildman–Crippen LogP) is 5.03. The largest absolute Gasteiger partial charge is 0.496 e. The van der Waals surface area contributed by atoms with E-state index in [-0.39, 0.29) is 11.3 Å². The Balaban J connectivity index is 1.91. The molecule has 0 bridgehead atoms. The Labute approximate surface area is 205 Å². The van der Waals surface area contributed by atoms with Gasteiger partial charge in [0.15, 0.2) is 17.3 Å². The van der Waals surface area contributed by atoms with Gasteiger partial charge in [-0.2, -0.15) is 0 Å². The Morgan fingerprint density at radius 3 is 2.22 bits per heavy atom. The third-order valence-corrected chi connectivity index (χ3v) is 5.67. The first-order chi connectivity index (χ1) is 17.4. The first-order valence-electron chi connectivity index (χ1n) is 10.8. The van der Waals surface area contributed by atoms with Crippen molar-refractivity contribution in [1.29, 1.82) is 0 Å². The molecule has 0 radical (unpaired) electrons. The van der Waals surface area contributed by atoms with E-state index in [1.165, 1.54) is 51.7 Å². The molecule has 0 unspecified atom stereocenters. The van der Waals surface area contributed by atoms with Crippen LogP contribution >= 0.6 is 0 Å². The summed E-state index contributed by atoms with van der Waals surface area (Å²) in [6.07, 6.45) is 2.76. The Bertz CT molecular complexity index is 1560. The second-order valence-electron chi connectivity index (χ2n) is 7.70. The number of H-pyrrole nitrogens is 1. The van der Waals surface area contributed by atoms with E-state index in [1.807, 2.05) is 0 Å². The number of methoxy groups -OCH3 is 3. The van der Waals surface area contributed by atoms with Gasteiger partial charge in [0.05, 0.1) is 31.8 Å². The minimum Gasteiger partial charge on any atom is -0.496 e. The Morgan fingerprint density at radius 2 is 1.58 bits per heavy atom. The highest BCUT2D eigenvalue weighted by Gasteiger charge is 2.21. The highest BCUT2D eigenvalue weighted by atomic mass is 16.6. The van der Waals surface area contributed by atoms with Gasteiger partial charge in [-0.25, -0.2) is 0 Å². The fourth-order valence-electron chi connectivity index (χ4n) is 3.97. The normalized spacial score (nSPS) is 11.0. The first-order valence-corrected chi connectivity index (χ1v) is 10.8. The lowest BCUT2D eigenvalue weighted by Gasteiger charge is -2.13. The molecule has 3 aromatic carbocycles. The number of rotatable bonds is 8. The molecule has 1 aromatic heterocycles. The lowest BCUT2D eigenvalue weighted by atomic mass is 9.93. The van der Waals surface area contributed by atoms with Crippen molar-refractivity contribution in [3.63, 3.8) is 0 Å². The van der Waals surface area contributed by atoms with Crippen molar-refractivity contribution in [1.82, 2.24) is 4.98 Å². The third kappa shape index (κ3) is 4.54. The minimum atomic E-state index is -0.607. The van der Waals surface area contributed by atoms with Gasteiger partial charge in [-0.05, 0) is 29.8 Å². The quantitative estimate of drug-likeness (QED) is 0.161. The number of hydrogen-bond acceptors (Lipinski definition) is 7. The summed E-state index contributed by atoms with van der Waals surface area (Å²) in [6, 6.07) is 16.2. The second-order valence-corrected chi connectivity index (χ2v) is 7.70. The number of aromatic nitrogens is 1. The molecule has 0 spiro atoms. The monoisotopic (exact) mass is 486 g/mol. The standard InChI is InChI=1S/C27H22N2O7/c1-34-22-15-24(36-3)23(35-2)13-17(22)9-12-21(30)26-25(16-7-5-4-6-8-16)19-14-18(29(32)33)10-11-20(19)28-27(26)31/h4-15H,1-3H3,(H,28,31). The highest BCUT2D eigenvalue weighted by Crippen LogP contribution is 2.36. The van der Waals surface area contributed by atoms with E-state index in [1.54, 1.807) is 42.5 Å². The van der Waals surface area contributed by atoms with Crippen LogP contribution in [0, 0.1) is 10.1 Å². The van der Waals surface area contributed by atoms with E-state index in [2.05, 4.69) is 4.98 Å². The molecule has 4 rings (SSSR count). The van der Waals surface area contributed by atoms with Crippen molar-refractivity contribution in [2.24, 2.45) is 0 Å². The fraction of sp³-hybridized carbons (Fsp3) is 0.111. The number of nitro benzene ring substituents is 1. The number of non-ortho nitro benzene ring substituents is 1. The Hall–Kier alpha value is -4.92. The van der Waals surface area contributed by atoms with Gasteiger partial charge >= 0.3 is 0 Å². The number of hydrogen-bond donors (Lipinski definition) is 1. The molecule has 0 amide bonds. The van der Waals surface area contributed by atoms with Crippen LogP contribution in [0.25, 0.3) is 28.1 Å². The molecule has 0 saturated carbocycles. The number of nitrogens with one attached hydrogen (secondary N) is 1. The number of aromatic amines is 1. The van der Waals surface area contributed by atoms with Gasteiger partial charge in [-0.3, -0.25) is 19.7 Å². The highest BCUT2D eigenvalue weighted by molar-refractivity contribution is 6.15. The molecule has 0 aliphatic heterocycles. The third-order valence-electron chi connectivity index (χ3n) is 5.67. The molecule has 0 atom stereocenters. The van der Waals surface area contributed by atoms with Gasteiger partial charge in [0.2, 0.25) is 0 Å². The molecule has 0 aliphatic carbocycles. The van der Waals surface area contributed by atoms with Crippen LogP contribution in [-0.2, 0) is 0 Å². The number of carbonyl (C=O) groups excluding carboxylic acids is 1. The van der Waals surface area contributed by atoms with Crippen LogP contribution in [0.5, 0.6) is 17.2 Å². The van der Waals surface area contributed by atoms with Crippen molar-refractivity contribution in [2.75, 3.05) is 21.3 Å². The summed E-state index contributed by atoms with van der Waals surface area (Å²) in [5, 5.41) is 11.8. The van der Waals surface area contributed by atoms with Crippen LogP contribution in [0.4, 0.5) is 5.69 Å². The summed E-state index contributed by atoms with van der Waals surface area (Å²) in [4.78, 5) is 40.1. The molecule has 1 N–H and O–H groups in total. The molecule has 182 valence electrons.